The number of carbonyl (C=O) groups is 2. The lowest BCUT2D eigenvalue weighted by molar-refractivity contribution is -0.146. The monoisotopic (exact) mass is 230 g/mol. The Labute approximate surface area is 93.6 Å². The summed E-state index contributed by atoms with van der Waals surface area (Å²) < 4.78 is 0. The van der Waals surface area contributed by atoms with E-state index in [1.165, 1.54) is 0 Å². The Balaban J connectivity index is 0.000000160. The molecule has 4 atom stereocenters. The molecule has 0 bridgehead atoms. The topological polar surface area (TPSA) is 127 Å². The molecule has 2 fully saturated rings. The highest BCUT2D eigenvalue weighted by Gasteiger charge is 2.33. The summed E-state index contributed by atoms with van der Waals surface area (Å²) in [6.07, 6.45) is 3.26. The van der Waals surface area contributed by atoms with E-state index in [1.807, 2.05) is 0 Å². The van der Waals surface area contributed by atoms with Crippen LogP contribution < -0.4 is 11.5 Å². The van der Waals surface area contributed by atoms with Crippen LogP contribution in [0.4, 0.5) is 0 Å². The van der Waals surface area contributed by atoms with Gasteiger partial charge in [-0.3, -0.25) is 9.59 Å². The van der Waals surface area contributed by atoms with Crippen molar-refractivity contribution in [3.8, 4) is 0 Å². The van der Waals surface area contributed by atoms with Crippen LogP contribution in [0.25, 0.3) is 0 Å². The molecule has 0 aliphatic heterocycles. The highest BCUT2D eigenvalue weighted by molar-refractivity contribution is 5.72. The molecular formula is C10H18N2O4. The fourth-order valence-electron chi connectivity index (χ4n) is 1.66. The highest BCUT2D eigenvalue weighted by Crippen LogP contribution is 2.25. The Hall–Kier alpha value is -1.14. The SMILES string of the molecule is N[C@@H]1CC[C@H]1C(=O)O.N[C@H]1CC[C@@H]1C(=O)O. The van der Waals surface area contributed by atoms with Gasteiger partial charge in [0.25, 0.3) is 0 Å². The number of hydrogen-bond acceptors (Lipinski definition) is 4. The summed E-state index contributed by atoms with van der Waals surface area (Å²) in [5, 5.41) is 16.6. The van der Waals surface area contributed by atoms with Crippen molar-refractivity contribution in [3.05, 3.63) is 0 Å². The maximum atomic E-state index is 10.1. The van der Waals surface area contributed by atoms with Gasteiger partial charge in [0.1, 0.15) is 0 Å². The molecule has 2 aliphatic rings. The zero-order valence-corrected chi connectivity index (χ0v) is 9.00. The second kappa shape index (κ2) is 5.27. The molecule has 0 unspecified atom stereocenters. The van der Waals surface area contributed by atoms with Crippen LogP contribution in [-0.2, 0) is 9.59 Å². The average Bonchev–Trinajstić information content (AvgIpc) is 2.12. The largest absolute Gasteiger partial charge is 0.481 e. The van der Waals surface area contributed by atoms with E-state index in [1.54, 1.807) is 0 Å². The van der Waals surface area contributed by atoms with E-state index in [0.717, 1.165) is 25.7 Å². The molecule has 0 saturated heterocycles. The fraction of sp³-hybridized carbons (Fsp3) is 0.800. The first-order chi connectivity index (χ1) is 7.43. The highest BCUT2D eigenvalue weighted by atomic mass is 16.4. The van der Waals surface area contributed by atoms with Crippen molar-refractivity contribution < 1.29 is 19.8 Å². The molecule has 2 rings (SSSR count). The molecular weight excluding hydrogens is 212 g/mol. The lowest BCUT2D eigenvalue weighted by Gasteiger charge is -2.29. The lowest BCUT2D eigenvalue weighted by Crippen LogP contribution is -2.43. The zero-order chi connectivity index (χ0) is 12.3. The van der Waals surface area contributed by atoms with Crippen molar-refractivity contribution in [3.63, 3.8) is 0 Å². The number of rotatable bonds is 2. The van der Waals surface area contributed by atoms with Crippen LogP contribution in [0.5, 0.6) is 0 Å². The first-order valence-corrected chi connectivity index (χ1v) is 5.40. The summed E-state index contributed by atoms with van der Waals surface area (Å²) in [5.74, 6) is -2.00. The van der Waals surface area contributed by atoms with E-state index in [0.29, 0.717) is 0 Å². The number of carboxylic acid groups (broad SMARTS) is 2. The predicted molar refractivity (Wildman–Crippen MR) is 56.7 cm³/mol. The summed E-state index contributed by atoms with van der Waals surface area (Å²) in [6, 6.07) is -0.153. The number of nitrogens with two attached hydrogens (primary N) is 2. The molecule has 6 heteroatoms. The fourth-order valence-corrected chi connectivity index (χ4v) is 1.66. The van der Waals surface area contributed by atoms with Gasteiger partial charge >= 0.3 is 11.9 Å². The normalized spacial score (nSPS) is 36.1. The molecule has 0 amide bonds. The van der Waals surface area contributed by atoms with E-state index in [4.69, 9.17) is 21.7 Å². The van der Waals surface area contributed by atoms with E-state index < -0.39 is 11.9 Å². The van der Waals surface area contributed by atoms with Gasteiger partial charge in [0.15, 0.2) is 0 Å². The van der Waals surface area contributed by atoms with Gasteiger partial charge in [0.05, 0.1) is 11.8 Å². The van der Waals surface area contributed by atoms with Gasteiger partial charge in [-0.2, -0.15) is 0 Å². The van der Waals surface area contributed by atoms with Crippen molar-refractivity contribution in [2.45, 2.75) is 37.8 Å². The number of hydrogen-bond donors (Lipinski definition) is 4. The van der Waals surface area contributed by atoms with Crippen molar-refractivity contribution in [2.75, 3.05) is 0 Å². The molecule has 0 aromatic heterocycles. The third-order valence-electron chi connectivity index (χ3n) is 3.29. The second-order valence-corrected chi connectivity index (χ2v) is 4.37. The summed E-state index contributed by atoms with van der Waals surface area (Å²) >= 11 is 0. The average molecular weight is 230 g/mol. The molecule has 0 heterocycles. The summed E-state index contributed by atoms with van der Waals surface area (Å²) in [5.41, 5.74) is 10.7. The van der Waals surface area contributed by atoms with Crippen LogP contribution >= 0.6 is 0 Å². The third-order valence-corrected chi connectivity index (χ3v) is 3.29. The summed E-state index contributed by atoms with van der Waals surface area (Å²) in [6.45, 7) is 0. The predicted octanol–water partition coefficient (Wildman–Crippen LogP) is -0.383. The standard InChI is InChI=1S/2C5H9NO2/c2*6-4-2-1-3(4)5(7)8/h2*3-4H,1-2,6H2,(H,7,8)/t2*3-,4-/m10/s1. The number of aliphatic carboxylic acids is 2. The van der Waals surface area contributed by atoms with Crippen LogP contribution in [-0.4, -0.2) is 34.2 Å². The van der Waals surface area contributed by atoms with Crippen LogP contribution in [0.3, 0.4) is 0 Å². The Morgan fingerprint density at radius 2 is 1.12 bits per heavy atom. The van der Waals surface area contributed by atoms with Gasteiger partial charge in [-0.15, -0.1) is 0 Å². The smallest absolute Gasteiger partial charge is 0.308 e. The van der Waals surface area contributed by atoms with Gasteiger partial charge < -0.3 is 21.7 Å². The molecule has 0 spiro atoms. The summed E-state index contributed by atoms with van der Waals surface area (Å²) in [7, 11) is 0. The molecule has 6 nitrogen and oxygen atoms in total. The number of carboxylic acids is 2. The molecule has 2 saturated carbocycles. The van der Waals surface area contributed by atoms with Crippen molar-refractivity contribution in [1.29, 1.82) is 0 Å². The third kappa shape index (κ3) is 2.93. The van der Waals surface area contributed by atoms with Gasteiger partial charge in [-0.1, -0.05) is 0 Å². The van der Waals surface area contributed by atoms with Gasteiger partial charge in [0.2, 0.25) is 0 Å². The minimum atomic E-state index is -0.747. The molecule has 0 aromatic rings. The van der Waals surface area contributed by atoms with Crippen LogP contribution in [0.2, 0.25) is 0 Å². The second-order valence-electron chi connectivity index (χ2n) is 4.37. The Morgan fingerprint density at radius 1 is 0.812 bits per heavy atom. The van der Waals surface area contributed by atoms with Crippen molar-refractivity contribution in [2.24, 2.45) is 23.3 Å². The van der Waals surface area contributed by atoms with Gasteiger partial charge in [-0.25, -0.2) is 0 Å². The minimum Gasteiger partial charge on any atom is -0.481 e. The van der Waals surface area contributed by atoms with E-state index >= 15 is 0 Å². The lowest BCUT2D eigenvalue weighted by atomic mass is 9.80. The minimum absolute atomic E-state index is 0.0764. The van der Waals surface area contributed by atoms with Gasteiger partial charge in [-0.05, 0) is 25.7 Å². The zero-order valence-electron chi connectivity index (χ0n) is 9.00. The Bertz CT molecular complexity index is 254. The molecule has 0 aromatic carbocycles. The van der Waals surface area contributed by atoms with Crippen molar-refractivity contribution >= 4 is 11.9 Å². The van der Waals surface area contributed by atoms with Crippen LogP contribution in [0.1, 0.15) is 25.7 Å². The maximum absolute atomic E-state index is 10.1. The van der Waals surface area contributed by atoms with Gasteiger partial charge in [0, 0.05) is 12.1 Å². The van der Waals surface area contributed by atoms with Crippen LogP contribution in [0.15, 0.2) is 0 Å². The Kier molecular flexibility index (Phi) is 4.26. The quantitative estimate of drug-likeness (QED) is 0.512. The Morgan fingerprint density at radius 3 is 1.12 bits per heavy atom. The molecule has 0 radical (unpaired) electrons. The first-order valence-electron chi connectivity index (χ1n) is 5.40. The molecule has 2 aliphatic carbocycles. The molecule has 16 heavy (non-hydrogen) atoms. The maximum Gasteiger partial charge on any atom is 0.308 e. The van der Waals surface area contributed by atoms with Crippen molar-refractivity contribution in [1.82, 2.24) is 0 Å². The molecule has 6 N–H and O–H groups in total. The summed E-state index contributed by atoms with van der Waals surface area (Å²) in [4.78, 5) is 20.2. The van der Waals surface area contributed by atoms with E-state index in [-0.39, 0.29) is 23.9 Å². The van der Waals surface area contributed by atoms with Crippen LogP contribution in [0, 0.1) is 11.8 Å². The van der Waals surface area contributed by atoms with E-state index in [9.17, 15) is 9.59 Å². The molecule has 92 valence electrons. The first kappa shape index (κ1) is 12.9. The van der Waals surface area contributed by atoms with E-state index in [2.05, 4.69) is 0 Å².